The van der Waals surface area contributed by atoms with Gasteiger partial charge in [0.2, 0.25) is 17.7 Å². The van der Waals surface area contributed by atoms with Gasteiger partial charge in [0.1, 0.15) is 49.0 Å². The number of H-pyrrole nitrogens is 2. The van der Waals surface area contributed by atoms with Crippen LogP contribution in [-0.4, -0.2) is 177 Å². The second-order valence-electron chi connectivity index (χ2n) is 15.3. The van der Waals surface area contributed by atoms with Crippen molar-refractivity contribution in [2.24, 2.45) is 7.05 Å². The zero-order chi connectivity index (χ0) is 53.9. The first-order valence-corrected chi connectivity index (χ1v) is 26.8. The van der Waals surface area contributed by atoms with E-state index < -0.39 is 138 Å². The van der Waals surface area contributed by atoms with Crippen molar-refractivity contribution in [1.82, 2.24) is 53.6 Å². The average molecular weight is 1140 g/mol. The Balaban J connectivity index is 1.02. The van der Waals surface area contributed by atoms with Gasteiger partial charge in [0.05, 0.1) is 59.3 Å². The number of nitrogens with one attached hydrogen (secondary N) is 2. The van der Waals surface area contributed by atoms with Gasteiger partial charge < -0.3 is 70.4 Å². The number of aliphatic hydroxyl groups is 4. The van der Waals surface area contributed by atoms with Gasteiger partial charge >= 0.3 is 36.9 Å². The van der Waals surface area contributed by atoms with Crippen LogP contribution in [0.1, 0.15) is 18.7 Å². The van der Waals surface area contributed by atoms with E-state index in [9.17, 15) is 67.8 Å². The van der Waals surface area contributed by atoms with E-state index in [0.29, 0.717) is 0 Å². The molecule has 0 saturated carbocycles. The highest BCUT2D eigenvalue weighted by Gasteiger charge is 2.52. The summed E-state index contributed by atoms with van der Waals surface area (Å²) in [5.74, 6) is -0.393. The van der Waals surface area contributed by atoms with Gasteiger partial charge in [-0.25, -0.2) is 42.8 Å². The standard InChI is InChI=1S/C32H46N14O24P4/c1-43-14-46(28-22(43)30(52)38-11-37-28)19(6-50)66-16(4-48)8-63-72(55,56)69-74(59,60)70-73(57,58)64-9-17-23(24(61-2)31(67-17)45-13-39-20-25(33)35-10-36-26(20)45)68-71(53,54)62-7-15(3-47)65-18(5-49)44-12-40-21-27(44)41-32(34)42-29(21)51/h10-19,23-24,31,47-50H,3-9H2,1-2H3,(H9-,33,34,35,36,37,38,41,42,51,52,53,54,55,56,57,58,59,60)/p+1/t15-,16-,17+,18+,19+,23?,24-,31+/m0/s1. The number of ether oxygens (including phenoxy) is 4. The highest BCUT2D eigenvalue weighted by molar-refractivity contribution is 7.66. The average Bonchev–Trinajstić information content (AvgIpc) is 4.12. The summed E-state index contributed by atoms with van der Waals surface area (Å²) in [6.45, 7) is -6.82. The van der Waals surface area contributed by atoms with Crippen molar-refractivity contribution in [3.05, 3.63) is 52.3 Å². The second-order valence-corrected chi connectivity index (χ2v) is 21.4. The molecule has 0 spiro atoms. The van der Waals surface area contributed by atoms with Gasteiger partial charge in [0.15, 0.2) is 47.7 Å². The van der Waals surface area contributed by atoms with Crippen molar-refractivity contribution in [2.75, 3.05) is 64.8 Å². The van der Waals surface area contributed by atoms with Gasteiger partial charge in [0, 0.05) is 7.11 Å². The number of aryl methyl sites for hydroxylation is 1. The molecule has 0 radical (unpaired) electrons. The Kier molecular flexibility index (Phi) is 17.7. The number of methoxy groups -OCH3 is 1. The Morgan fingerprint density at radius 3 is 2.11 bits per heavy atom. The molecule has 5 unspecified atom stereocenters. The molecular formula is C32H47N14O24P4+. The molecule has 0 aliphatic carbocycles. The third-order valence-electron chi connectivity index (χ3n) is 10.3. The molecule has 1 aliphatic heterocycles. The minimum Gasteiger partial charge on any atom is -0.394 e. The first-order valence-electron chi connectivity index (χ1n) is 20.8. The van der Waals surface area contributed by atoms with E-state index in [2.05, 4.69) is 53.0 Å². The van der Waals surface area contributed by atoms with Crippen LogP contribution in [0.4, 0.5) is 11.8 Å². The van der Waals surface area contributed by atoms with Crippen LogP contribution in [0.5, 0.6) is 0 Å². The van der Waals surface area contributed by atoms with Crippen LogP contribution in [0.2, 0.25) is 0 Å². The minimum absolute atomic E-state index is 0.0110. The van der Waals surface area contributed by atoms with Crippen LogP contribution in [-0.2, 0) is 71.0 Å². The Morgan fingerprint density at radius 1 is 0.784 bits per heavy atom. The molecule has 1 aliphatic rings. The van der Waals surface area contributed by atoms with E-state index in [1.54, 1.807) is 0 Å². The minimum atomic E-state index is -6.18. The maximum atomic E-state index is 13.6. The molecule has 14 N–H and O–H groups in total. The second kappa shape index (κ2) is 23.1. The number of hydrogen-bond acceptors (Lipinski definition) is 28. The molecule has 1 saturated heterocycles. The highest BCUT2D eigenvalue weighted by Crippen LogP contribution is 2.68. The van der Waals surface area contributed by atoms with Crippen molar-refractivity contribution in [1.29, 1.82) is 0 Å². The number of phosphoric acid groups is 4. The van der Waals surface area contributed by atoms with Crippen LogP contribution >= 0.6 is 31.3 Å². The molecule has 42 heteroatoms. The maximum absolute atomic E-state index is 13.6. The number of nitrogens with two attached hydrogens (primary N) is 2. The lowest BCUT2D eigenvalue weighted by Gasteiger charge is -2.27. The molecule has 74 heavy (non-hydrogen) atoms. The number of nitrogens with zero attached hydrogens (tertiary/aromatic N) is 10. The van der Waals surface area contributed by atoms with Crippen molar-refractivity contribution in [2.45, 2.75) is 49.2 Å². The zero-order valence-electron chi connectivity index (χ0n) is 38.0. The van der Waals surface area contributed by atoms with E-state index in [4.69, 9.17) is 44.0 Å². The van der Waals surface area contributed by atoms with Crippen LogP contribution in [0.3, 0.4) is 0 Å². The molecule has 0 bridgehead atoms. The van der Waals surface area contributed by atoms with E-state index in [0.717, 1.165) is 37.0 Å². The Hall–Kier alpha value is -4.95. The predicted molar refractivity (Wildman–Crippen MR) is 239 cm³/mol. The van der Waals surface area contributed by atoms with Crippen LogP contribution in [0, 0.1) is 0 Å². The van der Waals surface area contributed by atoms with Crippen molar-refractivity contribution >= 4 is 76.5 Å². The fraction of sp³-hybridized carbons (Fsp3) is 0.531. The lowest BCUT2D eigenvalue weighted by Crippen LogP contribution is -2.46. The molecule has 0 aromatic carbocycles. The highest BCUT2D eigenvalue weighted by atomic mass is 31.3. The summed E-state index contributed by atoms with van der Waals surface area (Å²) in [5.41, 5.74) is 10.1. The molecular weight excluding hydrogens is 1090 g/mol. The number of anilines is 2. The van der Waals surface area contributed by atoms with Gasteiger partial charge in [-0.1, -0.05) is 4.98 Å². The summed E-state index contributed by atoms with van der Waals surface area (Å²) in [6.07, 6.45) is -7.05. The smallest absolute Gasteiger partial charge is 0.394 e. The number of aromatic amines is 2. The van der Waals surface area contributed by atoms with E-state index in [1.165, 1.54) is 27.1 Å². The largest absolute Gasteiger partial charge is 0.490 e. The fourth-order valence-corrected chi connectivity index (χ4v) is 11.7. The normalized spacial score (nSPS) is 22.3. The molecule has 7 heterocycles. The fourth-order valence-electron chi connectivity index (χ4n) is 7.19. The lowest BCUT2D eigenvalue weighted by atomic mass is 10.1. The molecule has 0 amide bonds. The SMILES string of the molecule is CO[C@H]1C(OP(=O)(O)OC[C@H](CO)O[C@H](CO)n2cnc3c(=O)[nH]c(N)nc32)[C@@H](COP(=O)(O)OP(=O)(O)OP(=O)(O)OC[C@H](CO)O[C@H](CO)[n+]2cn(C)c3c(=O)[nH]cnc32)O[C@H]1n1cnc2c(N)ncnc21. The zero-order valence-corrected chi connectivity index (χ0v) is 41.6. The number of rotatable bonds is 27. The Bertz CT molecular complexity index is 3260. The van der Waals surface area contributed by atoms with Gasteiger partial charge in [0.25, 0.3) is 11.1 Å². The molecule has 408 valence electrons. The van der Waals surface area contributed by atoms with Crippen molar-refractivity contribution < 1.29 is 108 Å². The van der Waals surface area contributed by atoms with Crippen LogP contribution in [0.25, 0.3) is 33.5 Å². The summed E-state index contributed by atoms with van der Waals surface area (Å²) >= 11 is 0. The Morgan fingerprint density at radius 2 is 1.45 bits per heavy atom. The van der Waals surface area contributed by atoms with E-state index in [1.807, 2.05) is 0 Å². The molecule has 38 nitrogen and oxygen atoms in total. The van der Waals surface area contributed by atoms with Gasteiger partial charge in [-0.15, -0.1) is 0 Å². The van der Waals surface area contributed by atoms with E-state index in [-0.39, 0.29) is 45.3 Å². The molecule has 1 fully saturated rings. The van der Waals surface area contributed by atoms with Crippen LogP contribution in [0.15, 0.2) is 41.2 Å². The number of imidazole rings is 3. The summed E-state index contributed by atoms with van der Waals surface area (Å²) in [5, 5.41) is 40.2. The summed E-state index contributed by atoms with van der Waals surface area (Å²) < 4.78 is 109. The number of aromatic nitrogens is 12. The first-order chi connectivity index (χ1) is 34.9. The summed E-state index contributed by atoms with van der Waals surface area (Å²) in [4.78, 5) is 95.3. The molecule has 6 aromatic rings. The third kappa shape index (κ3) is 13.0. The quantitative estimate of drug-likeness (QED) is 0.0174. The number of phosphoric ester groups is 3. The summed E-state index contributed by atoms with van der Waals surface area (Å²) in [6, 6.07) is 0. The first kappa shape index (κ1) is 56.8. The Labute approximate surface area is 411 Å². The molecule has 7 rings (SSSR count). The number of nitrogen functional groups attached to an aromatic ring is 2. The van der Waals surface area contributed by atoms with Gasteiger partial charge in [-0.2, -0.15) is 13.6 Å². The monoisotopic (exact) mass is 1140 g/mol. The number of aliphatic hydroxyl groups excluding tert-OH is 4. The third-order valence-corrected chi connectivity index (χ3v) is 15.6. The number of fused-ring (bicyclic) bond motifs is 3. The lowest BCUT2D eigenvalue weighted by molar-refractivity contribution is -0.746. The topological polar surface area (TPSA) is 536 Å². The van der Waals surface area contributed by atoms with Gasteiger partial charge in [-0.3, -0.25) is 51.4 Å². The van der Waals surface area contributed by atoms with Crippen molar-refractivity contribution in [3.8, 4) is 0 Å². The molecule has 6 aromatic heterocycles. The number of hydrogen-bond donors (Lipinski definition) is 12. The predicted octanol–water partition coefficient (Wildman–Crippen LogP) is -3.79. The van der Waals surface area contributed by atoms with E-state index >= 15 is 0 Å². The maximum Gasteiger partial charge on any atom is 0.490 e. The summed E-state index contributed by atoms with van der Waals surface area (Å²) in [7, 11) is -20.8. The van der Waals surface area contributed by atoms with Crippen molar-refractivity contribution in [3.63, 3.8) is 0 Å². The van der Waals surface area contributed by atoms with Gasteiger partial charge in [-0.05, 0) is 0 Å². The molecule has 12 atom stereocenters. The van der Waals surface area contributed by atoms with Crippen LogP contribution < -0.4 is 27.2 Å².